The van der Waals surface area contributed by atoms with Crippen molar-refractivity contribution in [2.24, 2.45) is 64.1 Å². The van der Waals surface area contributed by atoms with Gasteiger partial charge in [-0.2, -0.15) is 0 Å². The number of carbonyl (C=O) groups is 1. The van der Waals surface area contributed by atoms with E-state index in [0.717, 1.165) is 53.3 Å². The summed E-state index contributed by atoms with van der Waals surface area (Å²) >= 11 is 0. The van der Waals surface area contributed by atoms with E-state index in [-0.39, 0.29) is 5.97 Å². The highest BCUT2D eigenvalue weighted by Gasteiger charge is 2.78. The van der Waals surface area contributed by atoms with Gasteiger partial charge in [0.1, 0.15) is 0 Å². The molecule has 2 nitrogen and oxygen atoms in total. The Morgan fingerprint density at radius 3 is 2.65 bits per heavy atom. The summed E-state index contributed by atoms with van der Waals surface area (Å²) in [7, 11) is 0. The van der Waals surface area contributed by atoms with E-state index in [9.17, 15) is 4.79 Å². The van der Waals surface area contributed by atoms with E-state index >= 15 is 0 Å². The highest BCUT2D eigenvalue weighted by atomic mass is 16.5. The van der Waals surface area contributed by atoms with E-state index in [1.54, 1.807) is 0 Å². The van der Waals surface area contributed by atoms with Gasteiger partial charge in [-0.25, -0.2) is 4.79 Å². The first-order valence-electron chi connectivity index (χ1n) is 11.3. The van der Waals surface area contributed by atoms with Gasteiger partial charge >= 0.3 is 5.97 Å². The molecule has 0 N–H and O–H groups in total. The predicted molar refractivity (Wildman–Crippen MR) is 101 cm³/mol. The van der Waals surface area contributed by atoms with Gasteiger partial charge < -0.3 is 4.74 Å². The molecule has 0 spiro atoms. The van der Waals surface area contributed by atoms with Crippen LogP contribution in [0, 0.1) is 64.1 Å². The lowest BCUT2D eigenvalue weighted by Gasteiger charge is -2.54. The van der Waals surface area contributed by atoms with Crippen molar-refractivity contribution in [2.75, 3.05) is 6.61 Å². The van der Waals surface area contributed by atoms with Crippen LogP contribution in [0.4, 0.5) is 0 Å². The molecule has 0 heterocycles. The Hall–Kier alpha value is -0.790. The molecule has 11 unspecified atom stereocenters. The Kier molecular flexibility index (Phi) is 3.10. The fraction of sp³-hybridized carbons (Fsp3) is 0.875. The van der Waals surface area contributed by atoms with Gasteiger partial charge in [0, 0.05) is 11.5 Å². The lowest BCUT2D eigenvalue weighted by molar-refractivity contribution is -0.150. The van der Waals surface area contributed by atoms with E-state index in [4.69, 9.17) is 4.74 Å². The summed E-state index contributed by atoms with van der Waals surface area (Å²) in [5.74, 6) is 8.20. The van der Waals surface area contributed by atoms with E-state index in [1.165, 1.54) is 51.0 Å². The van der Waals surface area contributed by atoms with Crippen LogP contribution in [0.5, 0.6) is 0 Å². The predicted octanol–water partition coefficient (Wildman–Crippen LogP) is 5.09. The molecule has 142 valence electrons. The zero-order valence-corrected chi connectivity index (χ0v) is 16.5. The first-order chi connectivity index (χ1) is 12.5. The molecule has 0 aromatic rings. The van der Waals surface area contributed by atoms with Gasteiger partial charge in [-0.15, -0.1) is 0 Å². The molecular weight excluding hydrogens is 320 g/mol. The summed E-state index contributed by atoms with van der Waals surface area (Å²) in [6, 6.07) is 0. The average molecular weight is 355 g/mol. The van der Waals surface area contributed by atoms with Crippen LogP contribution < -0.4 is 0 Å². The van der Waals surface area contributed by atoms with Crippen molar-refractivity contribution in [1.82, 2.24) is 0 Å². The largest absolute Gasteiger partial charge is 0.462 e. The van der Waals surface area contributed by atoms with Crippen molar-refractivity contribution in [2.45, 2.75) is 58.8 Å². The molecule has 6 aliphatic rings. The smallest absolute Gasteiger partial charge is 0.330 e. The molecular formula is C24H34O2. The SMILES string of the molecule is C=CC(=O)OCC12CC(C3C4CCC(C4)C31)C1C3CC(C12)C(C)(CC)C3. The highest BCUT2D eigenvalue weighted by Crippen LogP contribution is 2.83. The second-order valence-electron chi connectivity index (χ2n) is 11.3. The van der Waals surface area contributed by atoms with Crippen molar-refractivity contribution in [3.05, 3.63) is 12.7 Å². The molecule has 0 aliphatic heterocycles. The normalized spacial score (nSPS) is 60.3. The molecule has 2 heteroatoms. The van der Waals surface area contributed by atoms with E-state index in [1.807, 2.05) is 0 Å². The average Bonchev–Trinajstić information content (AvgIpc) is 3.44. The minimum absolute atomic E-state index is 0.201. The van der Waals surface area contributed by atoms with Gasteiger partial charge in [-0.1, -0.05) is 26.8 Å². The first kappa shape index (κ1) is 16.2. The van der Waals surface area contributed by atoms with Crippen molar-refractivity contribution in [3.63, 3.8) is 0 Å². The monoisotopic (exact) mass is 354 g/mol. The summed E-state index contributed by atoms with van der Waals surface area (Å²) < 4.78 is 5.87. The summed E-state index contributed by atoms with van der Waals surface area (Å²) in [5.41, 5.74) is 0.855. The van der Waals surface area contributed by atoms with Crippen LogP contribution in [0.3, 0.4) is 0 Å². The molecule has 0 aromatic heterocycles. The molecule has 0 aromatic carbocycles. The summed E-state index contributed by atoms with van der Waals surface area (Å²) in [5, 5.41) is 0. The quantitative estimate of drug-likeness (QED) is 0.399. The Balaban J connectivity index is 1.42. The number of fused-ring (bicyclic) bond motifs is 16. The third kappa shape index (κ3) is 1.65. The molecule has 6 fully saturated rings. The fourth-order valence-electron chi connectivity index (χ4n) is 10.5. The van der Waals surface area contributed by atoms with Crippen LogP contribution in [0.1, 0.15) is 58.8 Å². The van der Waals surface area contributed by atoms with Crippen LogP contribution in [0.2, 0.25) is 0 Å². The molecule has 6 aliphatic carbocycles. The molecule has 26 heavy (non-hydrogen) atoms. The zero-order chi connectivity index (χ0) is 17.8. The summed E-state index contributed by atoms with van der Waals surface area (Å²) in [4.78, 5) is 12.0. The molecule has 6 rings (SSSR count). The van der Waals surface area contributed by atoms with Gasteiger partial charge in [0.25, 0.3) is 0 Å². The van der Waals surface area contributed by atoms with Crippen molar-refractivity contribution >= 4 is 5.97 Å². The Morgan fingerprint density at radius 2 is 1.88 bits per heavy atom. The Bertz CT molecular complexity index is 669. The van der Waals surface area contributed by atoms with Crippen LogP contribution in [0.15, 0.2) is 12.7 Å². The van der Waals surface area contributed by atoms with Gasteiger partial charge in [-0.3, -0.25) is 0 Å². The topological polar surface area (TPSA) is 26.3 Å². The number of hydrogen-bond donors (Lipinski definition) is 0. The second kappa shape index (κ2) is 4.97. The van der Waals surface area contributed by atoms with Crippen molar-refractivity contribution < 1.29 is 9.53 Å². The zero-order valence-electron chi connectivity index (χ0n) is 16.5. The van der Waals surface area contributed by atoms with Gasteiger partial charge in [0.2, 0.25) is 0 Å². The standard InChI is InChI=1S/C24H34O2/c1-4-18(25)26-12-24-11-16(19-13-6-7-14(8-13)21(19)24)20-15-9-17(22(20)24)23(3,5-2)10-15/h4,13-17,19-22H,1,5-12H2,2-3H3. The second-order valence-corrected chi connectivity index (χ2v) is 11.3. The first-order valence-corrected chi connectivity index (χ1v) is 11.3. The third-order valence-electron chi connectivity index (χ3n) is 10.9. The van der Waals surface area contributed by atoms with E-state index in [0.29, 0.717) is 17.4 Å². The van der Waals surface area contributed by atoms with Crippen molar-refractivity contribution in [3.8, 4) is 0 Å². The molecule has 6 bridgehead atoms. The van der Waals surface area contributed by atoms with Crippen LogP contribution >= 0.6 is 0 Å². The fourth-order valence-corrected chi connectivity index (χ4v) is 10.5. The number of hydrogen-bond acceptors (Lipinski definition) is 2. The maximum atomic E-state index is 12.0. The van der Waals surface area contributed by atoms with Crippen LogP contribution in [-0.4, -0.2) is 12.6 Å². The lowest BCUT2D eigenvalue weighted by Crippen LogP contribution is -2.52. The summed E-state index contributed by atoms with van der Waals surface area (Å²) in [6.45, 7) is 9.31. The molecule has 6 saturated carbocycles. The summed E-state index contributed by atoms with van der Waals surface area (Å²) in [6.07, 6.45) is 11.4. The third-order valence-corrected chi connectivity index (χ3v) is 10.9. The molecule has 0 amide bonds. The van der Waals surface area contributed by atoms with Gasteiger partial charge in [0.15, 0.2) is 0 Å². The van der Waals surface area contributed by atoms with Crippen molar-refractivity contribution in [1.29, 1.82) is 0 Å². The number of rotatable bonds is 4. The number of esters is 1. The van der Waals surface area contributed by atoms with Crippen LogP contribution in [-0.2, 0) is 9.53 Å². The van der Waals surface area contributed by atoms with Gasteiger partial charge in [0.05, 0.1) is 6.61 Å². The lowest BCUT2D eigenvalue weighted by atomic mass is 9.50. The van der Waals surface area contributed by atoms with E-state index in [2.05, 4.69) is 20.4 Å². The van der Waals surface area contributed by atoms with Crippen LogP contribution in [0.25, 0.3) is 0 Å². The minimum Gasteiger partial charge on any atom is -0.462 e. The molecule has 0 saturated heterocycles. The number of carbonyl (C=O) groups excluding carboxylic acids is 1. The highest BCUT2D eigenvalue weighted by molar-refractivity contribution is 5.81. The maximum absolute atomic E-state index is 12.0. The Labute approximate surface area is 158 Å². The Morgan fingerprint density at radius 1 is 1.12 bits per heavy atom. The van der Waals surface area contributed by atoms with E-state index < -0.39 is 0 Å². The minimum atomic E-state index is -0.201. The van der Waals surface area contributed by atoms with Gasteiger partial charge in [-0.05, 0) is 97.2 Å². The number of ether oxygens (including phenoxy) is 1. The molecule has 11 atom stereocenters. The maximum Gasteiger partial charge on any atom is 0.330 e. The molecule has 0 radical (unpaired) electrons.